The molecule has 0 saturated carbocycles. The lowest BCUT2D eigenvalue weighted by Crippen LogP contribution is -2.25. The Balaban J connectivity index is 1.63. The molecule has 8 heteroatoms. The van der Waals surface area contributed by atoms with E-state index < -0.39 is 12.0 Å². The maximum Gasteiger partial charge on any atom is 0.325 e. The predicted molar refractivity (Wildman–Crippen MR) is 118 cm³/mol. The minimum atomic E-state index is -0.926. The summed E-state index contributed by atoms with van der Waals surface area (Å²) in [4.78, 5) is 15.5. The predicted octanol–water partition coefficient (Wildman–Crippen LogP) is 5.64. The fourth-order valence-electron chi connectivity index (χ4n) is 2.90. The molecule has 0 aliphatic rings. The van der Waals surface area contributed by atoms with Crippen LogP contribution in [0.3, 0.4) is 0 Å². The molecule has 4 aromatic rings. The van der Waals surface area contributed by atoms with Crippen molar-refractivity contribution in [3.63, 3.8) is 0 Å². The van der Waals surface area contributed by atoms with E-state index in [0.29, 0.717) is 22.0 Å². The van der Waals surface area contributed by atoms with Crippen LogP contribution in [0.25, 0.3) is 21.3 Å². The van der Waals surface area contributed by atoms with Gasteiger partial charge in [0, 0.05) is 5.56 Å². The van der Waals surface area contributed by atoms with Gasteiger partial charge in [0.25, 0.3) is 0 Å². The first-order valence-electron chi connectivity index (χ1n) is 8.88. The molecule has 0 aliphatic carbocycles. The van der Waals surface area contributed by atoms with Gasteiger partial charge in [0.2, 0.25) is 0 Å². The minimum absolute atomic E-state index is 0.605. The number of carboxylic acids is 1. The molecule has 2 aromatic carbocycles. The molecule has 0 fully saturated rings. The summed E-state index contributed by atoms with van der Waals surface area (Å²) >= 11 is 7.93. The SMILES string of the molecule is CC(Nc1cnc2c(Nc3cccc(-c4ccccc4)c3Cl)nsc2c1)C(=O)O. The van der Waals surface area contributed by atoms with Gasteiger partial charge in [-0.1, -0.05) is 54.1 Å². The second-order valence-electron chi connectivity index (χ2n) is 6.46. The summed E-state index contributed by atoms with van der Waals surface area (Å²) in [5, 5.41) is 15.8. The summed E-state index contributed by atoms with van der Waals surface area (Å²) in [6.07, 6.45) is 1.60. The molecule has 0 amide bonds. The third-order valence-corrected chi connectivity index (χ3v) is 5.59. The third-order valence-electron chi connectivity index (χ3n) is 4.40. The molecule has 2 aromatic heterocycles. The van der Waals surface area contributed by atoms with Crippen molar-refractivity contribution >= 4 is 56.5 Å². The Labute approximate surface area is 176 Å². The van der Waals surface area contributed by atoms with Crippen LogP contribution in [-0.2, 0) is 4.79 Å². The second kappa shape index (κ2) is 8.06. The molecule has 2 heterocycles. The molecular weight excluding hydrogens is 408 g/mol. The van der Waals surface area contributed by atoms with Gasteiger partial charge in [-0.05, 0) is 36.2 Å². The molecule has 4 rings (SSSR count). The van der Waals surface area contributed by atoms with Crippen LogP contribution in [0.15, 0.2) is 60.8 Å². The highest BCUT2D eigenvalue weighted by Gasteiger charge is 2.15. The first-order valence-corrected chi connectivity index (χ1v) is 10.0. The van der Waals surface area contributed by atoms with Gasteiger partial charge in [-0.2, -0.15) is 4.37 Å². The number of nitrogens with one attached hydrogen (secondary N) is 2. The van der Waals surface area contributed by atoms with Crippen LogP contribution in [0.4, 0.5) is 17.2 Å². The summed E-state index contributed by atoms with van der Waals surface area (Å²) in [6.45, 7) is 1.58. The van der Waals surface area contributed by atoms with Crippen molar-refractivity contribution in [1.82, 2.24) is 9.36 Å². The zero-order chi connectivity index (χ0) is 20.4. The quantitative estimate of drug-likeness (QED) is 0.371. The van der Waals surface area contributed by atoms with Crippen molar-refractivity contribution in [3.05, 3.63) is 65.8 Å². The fourth-order valence-corrected chi connectivity index (χ4v) is 3.92. The van der Waals surface area contributed by atoms with E-state index in [2.05, 4.69) is 20.0 Å². The highest BCUT2D eigenvalue weighted by atomic mass is 35.5. The Hall–Kier alpha value is -3.16. The van der Waals surface area contributed by atoms with Crippen LogP contribution < -0.4 is 10.6 Å². The van der Waals surface area contributed by atoms with Crippen molar-refractivity contribution in [2.24, 2.45) is 0 Å². The van der Waals surface area contributed by atoms with E-state index in [1.165, 1.54) is 11.5 Å². The molecule has 1 atom stereocenters. The smallest absolute Gasteiger partial charge is 0.325 e. The number of carbonyl (C=O) groups is 1. The zero-order valence-electron chi connectivity index (χ0n) is 15.4. The number of pyridine rings is 1. The van der Waals surface area contributed by atoms with Gasteiger partial charge in [-0.15, -0.1) is 0 Å². The summed E-state index contributed by atoms with van der Waals surface area (Å²) in [7, 11) is 0. The standard InChI is InChI=1S/C21H17ClN4O2S/c1-12(21(27)28)24-14-10-17-19(23-11-14)20(26-29-17)25-16-9-5-8-15(18(16)22)13-6-3-2-4-7-13/h2-12,24H,1H3,(H,25,26)(H,27,28). The third kappa shape index (κ3) is 4.01. The van der Waals surface area contributed by atoms with Crippen molar-refractivity contribution in [3.8, 4) is 11.1 Å². The Morgan fingerprint density at radius 2 is 1.97 bits per heavy atom. The van der Waals surface area contributed by atoms with E-state index in [1.54, 1.807) is 13.1 Å². The summed E-state index contributed by atoms with van der Waals surface area (Å²) in [5.41, 5.74) is 4.03. The molecule has 0 bridgehead atoms. The van der Waals surface area contributed by atoms with Crippen molar-refractivity contribution < 1.29 is 9.90 Å². The number of nitrogens with zero attached hydrogens (tertiary/aromatic N) is 2. The molecule has 146 valence electrons. The Bertz CT molecular complexity index is 1180. The van der Waals surface area contributed by atoms with Gasteiger partial charge in [0.1, 0.15) is 11.6 Å². The maximum absolute atomic E-state index is 11.0. The number of aromatic nitrogens is 2. The van der Waals surface area contributed by atoms with Crippen LogP contribution in [0.5, 0.6) is 0 Å². The topological polar surface area (TPSA) is 87.1 Å². The molecule has 3 N–H and O–H groups in total. The molecule has 0 saturated heterocycles. The molecule has 0 radical (unpaired) electrons. The first-order chi connectivity index (χ1) is 14.0. The number of hydrogen-bond donors (Lipinski definition) is 3. The molecule has 0 aliphatic heterocycles. The number of aliphatic carboxylic acids is 1. The van der Waals surface area contributed by atoms with Gasteiger partial charge < -0.3 is 15.7 Å². The molecule has 1 unspecified atom stereocenters. The Kier molecular flexibility index (Phi) is 5.33. The summed E-state index contributed by atoms with van der Waals surface area (Å²) in [6, 6.07) is 16.9. The Morgan fingerprint density at radius 3 is 2.72 bits per heavy atom. The average Bonchev–Trinajstić information content (AvgIpc) is 3.12. The zero-order valence-corrected chi connectivity index (χ0v) is 17.0. The van der Waals surface area contributed by atoms with E-state index in [0.717, 1.165) is 21.5 Å². The van der Waals surface area contributed by atoms with E-state index in [9.17, 15) is 4.79 Å². The molecule has 0 spiro atoms. The monoisotopic (exact) mass is 424 g/mol. The van der Waals surface area contributed by atoms with Crippen LogP contribution in [-0.4, -0.2) is 26.5 Å². The summed E-state index contributed by atoms with van der Waals surface area (Å²) in [5.74, 6) is -0.320. The largest absolute Gasteiger partial charge is 0.480 e. The lowest BCUT2D eigenvalue weighted by molar-refractivity contribution is -0.137. The van der Waals surface area contributed by atoms with Crippen LogP contribution in [0.1, 0.15) is 6.92 Å². The second-order valence-corrected chi connectivity index (χ2v) is 7.65. The number of carboxylic acid groups (broad SMARTS) is 1. The molecular formula is C21H17ClN4O2S. The Morgan fingerprint density at radius 1 is 1.17 bits per heavy atom. The molecule has 6 nitrogen and oxygen atoms in total. The highest BCUT2D eigenvalue weighted by Crippen LogP contribution is 2.37. The van der Waals surface area contributed by atoms with Crippen LogP contribution in [0, 0.1) is 0 Å². The van der Waals surface area contributed by atoms with Crippen LogP contribution in [0.2, 0.25) is 5.02 Å². The maximum atomic E-state index is 11.0. The van der Waals surface area contributed by atoms with E-state index in [4.69, 9.17) is 16.7 Å². The van der Waals surface area contributed by atoms with Crippen molar-refractivity contribution in [1.29, 1.82) is 0 Å². The number of benzene rings is 2. The lowest BCUT2D eigenvalue weighted by atomic mass is 10.1. The van der Waals surface area contributed by atoms with Gasteiger partial charge in [-0.3, -0.25) is 4.79 Å². The van der Waals surface area contributed by atoms with Gasteiger partial charge in [0.05, 0.1) is 27.3 Å². The number of rotatable bonds is 6. The van der Waals surface area contributed by atoms with Gasteiger partial charge in [-0.25, -0.2) is 4.98 Å². The van der Waals surface area contributed by atoms with Crippen molar-refractivity contribution in [2.75, 3.05) is 10.6 Å². The van der Waals surface area contributed by atoms with Crippen LogP contribution >= 0.6 is 23.1 Å². The average molecular weight is 425 g/mol. The summed E-state index contributed by atoms with van der Waals surface area (Å²) < 4.78 is 5.29. The van der Waals surface area contributed by atoms with Crippen molar-refractivity contribution in [2.45, 2.75) is 13.0 Å². The number of fused-ring (bicyclic) bond motifs is 1. The van der Waals surface area contributed by atoms with E-state index in [1.807, 2.05) is 54.6 Å². The first kappa shape index (κ1) is 19.2. The molecule has 29 heavy (non-hydrogen) atoms. The highest BCUT2D eigenvalue weighted by molar-refractivity contribution is 7.13. The van der Waals surface area contributed by atoms with Gasteiger partial charge in [0.15, 0.2) is 5.82 Å². The normalized spacial score (nSPS) is 11.9. The van der Waals surface area contributed by atoms with E-state index >= 15 is 0 Å². The number of hydrogen-bond acceptors (Lipinski definition) is 6. The number of anilines is 3. The minimum Gasteiger partial charge on any atom is -0.480 e. The van der Waals surface area contributed by atoms with Gasteiger partial charge >= 0.3 is 5.97 Å². The van der Waals surface area contributed by atoms with E-state index in [-0.39, 0.29) is 0 Å². The fraction of sp³-hybridized carbons (Fsp3) is 0.0952. The lowest BCUT2D eigenvalue weighted by Gasteiger charge is -2.11. The number of halogens is 1.